The van der Waals surface area contributed by atoms with Crippen LogP contribution in [-0.4, -0.2) is 15.4 Å². The summed E-state index contributed by atoms with van der Waals surface area (Å²) in [4.78, 5) is 28.2. The molecule has 1 aliphatic carbocycles. The molecule has 0 aromatic carbocycles. The Hall–Kier alpha value is -1.51. The molecule has 4 rings (SSSR count). The van der Waals surface area contributed by atoms with Crippen molar-refractivity contribution in [2.24, 2.45) is 0 Å². The Morgan fingerprint density at radius 1 is 1.30 bits per heavy atom. The fraction of sp³-hybridized carbons (Fsp3) is 0.250. The SMILES string of the molecule is Cc1cn2c(=O)c(C(=O)[O-])cc(C3CC3)c2c(C)c1-c1ccc(N)nc1.[K+]. The van der Waals surface area contributed by atoms with E-state index >= 15 is 0 Å². The van der Waals surface area contributed by atoms with Crippen molar-refractivity contribution in [3.05, 3.63) is 63.2 Å². The van der Waals surface area contributed by atoms with Gasteiger partial charge in [0, 0.05) is 18.0 Å². The topological polar surface area (TPSA) is 101 Å². The summed E-state index contributed by atoms with van der Waals surface area (Å²) in [6.45, 7) is 3.85. The van der Waals surface area contributed by atoms with Gasteiger partial charge in [0.15, 0.2) is 0 Å². The number of carboxylic acids is 1. The number of hydrogen-bond donors (Lipinski definition) is 1. The molecular weight excluding hydrogens is 369 g/mol. The van der Waals surface area contributed by atoms with Crippen LogP contribution in [0.25, 0.3) is 16.6 Å². The normalized spacial score (nSPS) is 13.4. The van der Waals surface area contributed by atoms with Crippen molar-refractivity contribution in [3.8, 4) is 11.1 Å². The van der Waals surface area contributed by atoms with Crippen LogP contribution in [0.3, 0.4) is 0 Å². The van der Waals surface area contributed by atoms with Crippen LogP contribution in [0.5, 0.6) is 0 Å². The number of carboxylic acid groups (broad SMARTS) is 1. The molecule has 3 aromatic heterocycles. The van der Waals surface area contributed by atoms with E-state index in [1.807, 2.05) is 19.9 Å². The van der Waals surface area contributed by atoms with Crippen molar-refractivity contribution in [3.63, 3.8) is 0 Å². The predicted molar refractivity (Wildman–Crippen MR) is 97.1 cm³/mol. The van der Waals surface area contributed by atoms with Gasteiger partial charge in [-0.3, -0.25) is 9.20 Å². The van der Waals surface area contributed by atoms with E-state index in [1.54, 1.807) is 18.5 Å². The van der Waals surface area contributed by atoms with Crippen LogP contribution < -0.4 is 67.8 Å². The van der Waals surface area contributed by atoms with Crippen molar-refractivity contribution in [1.82, 2.24) is 9.38 Å². The average molecular weight is 387 g/mol. The molecule has 0 amide bonds. The Balaban J connectivity index is 0.00000210. The van der Waals surface area contributed by atoms with Crippen LogP contribution in [0.15, 0.2) is 35.4 Å². The van der Waals surface area contributed by atoms with Gasteiger partial charge in [0.05, 0.1) is 17.0 Å². The van der Waals surface area contributed by atoms with E-state index in [-0.39, 0.29) is 62.9 Å². The molecule has 6 nitrogen and oxygen atoms in total. The van der Waals surface area contributed by atoms with Crippen molar-refractivity contribution in [1.29, 1.82) is 0 Å². The summed E-state index contributed by atoms with van der Waals surface area (Å²) in [7, 11) is 0. The summed E-state index contributed by atoms with van der Waals surface area (Å²) >= 11 is 0. The van der Waals surface area contributed by atoms with E-state index in [1.165, 1.54) is 10.5 Å². The summed E-state index contributed by atoms with van der Waals surface area (Å²) in [5.74, 6) is -0.714. The summed E-state index contributed by atoms with van der Waals surface area (Å²) in [6, 6.07) is 5.14. The smallest absolute Gasteiger partial charge is 0.545 e. The number of aromatic carboxylic acids is 1. The van der Waals surface area contributed by atoms with Crippen LogP contribution in [0, 0.1) is 13.8 Å². The summed E-state index contributed by atoms with van der Waals surface area (Å²) in [6.07, 6.45) is 5.40. The van der Waals surface area contributed by atoms with Crippen LogP contribution in [-0.2, 0) is 0 Å². The molecule has 0 atom stereocenters. The minimum absolute atomic E-state index is 0. The first-order valence-electron chi connectivity index (χ1n) is 8.51. The Labute approximate surface area is 198 Å². The van der Waals surface area contributed by atoms with E-state index in [2.05, 4.69) is 4.98 Å². The molecule has 0 unspecified atom stereocenters. The maximum atomic E-state index is 12.7. The quantitative estimate of drug-likeness (QED) is 0.570. The van der Waals surface area contributed by atoms with Crippen LogP contribution >= 0.6 is 0 Å². The first-order valence-corrected chi connectivity index (χ1v) is 8.51. The fourth-order valence-corrected chi connectivity index (χ4v) is 3.70. The second kappa shape index (κ2) is 7.48. The van der Waals surface area contributed by atoms with Crippen molar-refractivity contribution < 1.29 is 61.3 Å². The first kappa shape index (κ1) is 20.2. The number of carbonyl (C=O) groups excluding carboxylic acids is 1. The molecule has 132 valence electrons. The number of nitrogen functional groups attached to an aromatic ring is 1. The number of fused-ring (bicyclic) bond motifs is 1. The molecule has 1 fully saturated rings. The zero-order chi connectivity index (χ0) is 18.6. The summed E-state index contributed by atoms with van der Waals surface area (Å²) in [5, 5.41) is 11.4. The molecule has 1 aliphatic rings. The summed E-state index contributed by atoms with van der Waals surface area (Å²) in [5.41, 5.74) is 10.2. The molecule has 2 N–H and O–H groups in total. The van der Waals surface area contributed by atoms with E-state index in [4.69, 9.17) is 5.73 Å². The van der Waals surface area contributed by atoms with Gasteiger partial charge in [-0.05, 0) is 73.1 Å². The number of carbonyl (C=O) groups is 1. The van der Waals surface area contributed by atoms with Gasteiger partial charge in [-0.1, -0.05) is 0 Å². The number of aromatic nitrogens is 2. The average Bonchev–Trinajstić information content (AvgIpc) is 3.42. The number of anilines is 1. The Morgan fingerprint density at radius 2 is 2.00 bits per heavy atom. The zero-order valence-electron chi connectivity index (χ0n) is 15.6. The second-order valence-corrected chi connectivity index (χ2v) is 6.88. The Morgan fingerprint density at radius 3 is 2.56 bits per heavy atom. The third-order valence-electron chi connectivity index (χ3n) is 5.02. The maximum Gasteiger partial charge on any atom is 1.00 e. The van der Waals surface area contributed by atoms with E-state index in [9.17, 15) is 14.7 Å². The number of nitrogens with zero attached hydrogens (tertiary/aromatic N) is 2. The largest absolute Gasteiger partial charge is 1.00 e. The maximum absolute atomic E-state index is 12.7. The summed E-state index contributed by atoms with van der Waals surface area (Å²) < 4.78 is 1.46. The van der Waals surface area contributed by atoms with E-state index in [0.29, 0.717) is 5.82 Å². The molecule has 1 saturated carbocycles. The minimum Gasteiger partial charge on any atom is -0.545 e. The zero-order valence-corrected chi connectivity index (χ0v) is 18.7. The molecule has 27 heavy (non-hydrogen) atoms. The second-order valence-electron chi connectivity index (χ2n) is 6.88. The van der Waals surface area contributed by atoms with Gasteiger partial charge in [0.25, 0.3) is 5.56 Å². The van der Waals surface area contributed by atoms with Crippen molar-refractivity contribution >= 4 is 17.3 Å². The minimum atomic E-state index is -1.44. The molecule has 0 radical (unpaired) electrons. The predicted octanol–water partition coefficient (Wildman–Crippen LogP) is -1.19. The van der Waals surface area contributed by atoms with Gasteiger partial charge in [0.1, 0.15) is 5.82 Å². The molecule has 0 bridgehead atoms. The third kappa shape index (κ3) is 3.50. The van der Waals surface area contributed by atoms with Gasteiger partial charge in [0.2, 0.25) is 0 Å². The molecular formula is C20H18KN3O3. The molecule has 3 aromatic rings. The van der Waals surface area contributed by atoms with Crippen molar-refractivity contribution in [2.45, 2.75) is 32.6 Å². The van der Waals surface area contributed by atoms with Gasteiger partial charge in [-0.25, -0.2) is 4.98 Å². The molecule has 3 heterocycles. The van der Waals surface area contributed by atoms with Gasteiger partial charge >= 0.3 is 51.4 Å². The molecule has 0 spiro atoms. The fourth-order valence-electron chi connectivity index (χ4n) is 3.70. The van der Waals surface area contributed by atoms with E-state index in [0.717, 1.165) is 46.2 Å². The Bertz CT molecular complexity index is 1120. The van der Waals surface area contributed by atoms with Gasteiger partial charge in [-0.15, -0.1) is 0 Å². The van der Waals surface area contributed by atoms with Gasteiger partial charge in [-0.2, -0.15) is 0 Å². The number of pyridine rings is 3. The standard InChI is InChI=1S/C20H19N3O3.K/c1-10-9-23-18(11(2)17(10)13-5-6-16(21)22-8-13)14(12-3-4-12)7-15(19(23)24)20(25)26;/h5-9,12H,3-4H2,1-2H3,(H2,21,22)(H,25,26);/q;+1/p-1. The number of nitrogens with two attached hydrogens (primary N) is 1. The third-order valence-corrected chi connectivity index (χ3v) is 5.02. The Kier molecular flexibility index (Phi) is 5.61. The molecule has 7 heteroatoms. The monoisotopic (exact) mass is 387 g/mol. The molecule has 0 saturated heterocycles. The molecule has 0 aliphatic heterocycles. The number of hydrogen-bond acceptors (Lipinski definition) is 5. The van der Waals surface area contributed by atoms with Crippen molar-refractivity contribution in [2.75, 3.05) is 5.73 Å². The van der Waals surface area contributed by atoms with Crippen LogP contribution in [0.1, 0.15) is 45.8 Å². The first-order chi connectivity index (χ1) is 12.4. The number of rotatable bonds is 3. The van der Waals surface area contributed by atoms with E-state index < -0.39 is 11.5 Å². The van der Waals surface area contributed by atoms with Gasteiger partial charge < -0.3 is 15.6 Å². The van der Waals surface area contributed by atoms with Crippen LogP contribution in [0.2, 0.25) is 0 Å². The van der Waals surface area contributed by atoms with Crippen LogP contribution in [0.4, 0.5) is 5.82 Å². The number of aryl methyl sites for hydroxylation is 2.